The van der Waals surface area contributed by atoms with Crippen molar-refractivity contribution < 1.29 is 59.4 Å². The van der Waals surface area contributed by atoms with Gasteiger partial charge < -0.3 is 72.3 Å². The van der Waals surface area contributed by atoms with Gasteiger partial charge in [-0.15, -0.1) is 0 Å². The highest BCUT2D eigenvalue weighted by atomic mass is 28.3. The van der Waals surface area contributed by atoms with Crippen LogP contribution in [0.15, 0.2) is 200 Å². The second kappa shape index (κ2) is 54.7. The Hall–Kier alpha value is -10.6. The van der Waals surface area contributed by atoms with Gasteiger partial charge in [-0.25, -0.2) is 0 Å². The van der Waals surface area contributed by atoms with Gasteiger partial charge in [0.15, 0.2) is 8.07 Å². The van der Waals surface area contributed by atoms with E-state index in [4.69, 9.17) is 0 Å². The van der Waals surface area contributed by atoms with Crippen LogP contribution in [-0.2, 0) is 95.1 Å². The van der Waals surface area contributed by atoms with Crippen LogP contribution in [0.4, 0.5) is 0 Å². The fraction of sp³-hybridized carbons (Fsp3) is 0.512. The van der Waals surface area contributed by atoms with Crippen LogP contribution >= 0.6 is 0 Å². The van der Waals surface area contributed by atoms with Crippen molar-refractivity contribution in [3.8, 4) is 34.5 Å². The van der Waals surface area contributed by atoms with Gasteiger partial charge in [-0.05, 0) is 164 Å². The van der Waals surface area contributed by atoms with Crippen molar-refractivity contribution in [2.45, 2.75) is 350 Å². The zero-order chi connectivity index (χ0) is 108. The first-order valence-corrected chi connectivity index (χ1v) is 54.2. The highest BCUT2D eigenvalue weighted by Crippen LogP contribution is 2.39. The molecule has 144 heavy (non-hydrogen) atoms. The molecule has 788 valence electrons. The van der Waals surface area contributed by atoms with Crippen LogP contribution in [0.5, 0.6) is 34.5 Å². The van der Waals surface area contributed by atoms with Gasteiger partial charge in [-0.3, -0.25) is 28.8 Å². The van der Waals surface area contributed by atoms with Gasteiger partial charge in [0.1, 0.15) is 57.6 Å². The number of ketones is 4. The Morgan fingerprint density at radius 1 is 0.264 bits per heavy atom. The minimum Gasteiger partial charge on any atom is -0.508 e. The molecule has 2 heterocycles. The van der Waals surface area contributed by atoms with E-state index >= 15 is 0 Å². The van der Waals surface area contributed by atoms with E-state index in [0.29, 0.717) is 73.8 Å². The van der Waals surface area contributed by atoms with Gasteiger partial charge in [0.05, 0.1) is 36.3 Å². The molecule has 2 amide bonds. The van der Waals surface area contributed by atoms with Crippen LogP contribution in [-0.4, -0.2) is 146 Å². The van der Waals surface area contributed by atoms with E-state index in [9.17, 15) is 59.4 Å². The molecule has 0 saturated carbocycles. The minimum absolute atomic E-state index is 0.0991. The molecule has 2 aliphatic heterocycles. The van der Waals surface area contributed by atoms with Crippen molar-refractivity contribution in [2.75, 3.05) is 26.2 Å². The summed E-state index contributed by atoms with van der Waals surface area (Å²) in [5, 5.41) is 88.7. The third-order valence-electron chi connectivity index (χ3n) is 27.1. The topological polar surface area (TPSA) is 302 Å². The van der Waals surface area contributed by atoms with Gasteiger partial charge in [0, 0.05) is 98.8 Å². The van der Waals surface area contributed by atoms with Gasteiger partial charge in [-0.1, -0.05) is 394 Å². The zero-order valence-corrected chi connectivity index (χ0v) is 94.3. The Morgan fingerprint density at radius 3 is 0.660 bits per heavy atom. The summed E-state index contributed by atoms with van der Waals surface area (Å²) in [6, 6.07) is 65.8. The Kier molecular flexibility index (Phi) is 46.4. The molecule has 2 aliphatic rings. The molecule has 9 aromatic carbocycles. The van der Waals surface area contributed by atoms with Crippen LogP contribution < -0.4 is 52.6 Å². The first kappa shape index (κ1) is 122. The maximum atomic E-state index is 13.3. The van der Waals surface area contributed by atoms with E-state index in [2.05, 4.69) is 248 Å². The zero-order valence-electron chi connectivity index (χ0n) is 93.3. The summed E-state index contributed by atoms with van der Waals surface area (Å²) in [4.78, 5) is 76.5. The first-order chi connectivity index (χ1) is 67.1. The number of benzene rings is 9. The highest BCUT2D eigenvalue weighted by molar-refractivity contribution is 7.20. The lowest BCUT2D eigenvalue weighted by molar-refractivity contribution is -0.134. The predicted octanol–water partition coefficient (Wildman–Crippen LogP) is 20.9. The van der Waals surface area contributed by atoms with Crippen molar-refractivity contribution in [1.29, 1.82) is 0 Å². The molecule has 0 aliphatic carbocycles. The van der Waals surface area contributed by atoms with Crippen molar-refractivity contribution in [3.05, 3.63) is 261 Å². The van der Waals surface area contributed by atoms with Crippen molar-refractivity contribution in [2.24, 2.45) is 35.0 Å². The Morgan fingerprint density at radius 2 is 0.465 bits per heavy atom. The second-order valence-corrected chi connectivity index (χ2v) is 50.9. The molecule has 0 unspecified atom stereocenters. The third-order valence-corrected chi connectivity index (χ3v) is 31.9. The van der Waals surface area contributed by atoms with Crippen molar-refractivity contribution >= 4 is 63.8 Å². The smallest absolute Gasteiger partial charge is 0.239 e. The molecule has 0 spiro atoms. The molecule has 11 rings (SSSR count). The molecule has 20 nitrogen and oxygen atoms in total. The first-order valence-electron chi connectivity index (χ1n) is 52.2. The number of nitrogens with zero attached hydrogens (tertiary/aromatic N) is 2. The summed E-state index contributed by atoms with van der Waals surface area (Å²) >= 11 is 0. The molecular weight excluding hydrogens is 1810 g/mol. The number of phenols is 6. The molecule has 0 bridgehead atoms. The number of phenolic OH excluding ortho intramolecular Hbond substituents is 6. The average Bonchev–Trinajstić information content (AvgIpc) is 0.757. The lowest BCUT2D eigenvalue weighted by Crippen LogP contribution is -2.74. The van der Waals surface area contributed by atoms with E-state index in [1.807, 2.05) is 187 Å². The van der Waals surface area contributed by atoms with E-state index in [0.717, 1.165) is 118 Å². The summed E-state index contributed by atoms with van der Waals surface area (Å²) in [7, 11) is -2.85. The number of hydrogen-bond acceptors (Lipinski definition) is 18. The summed E-state index contributed by atoms with van der Waals surface area (Å²) in [5.74, 6) is 3.91. The van der Waals surface area contributed by atoms with E-state index in [-0.39, 0.29) is 133 Å². The Bertz CT molecular complexity index is 5260. The van der Waals surface area contributed by atoms with Crippen molar-refractivity contribution in [3.63, 3.8) is 0 Å². The lowest BCUT2D eigenvalue weighted by Gasteiger charge is -2.35. The number of rotatable bonds is 33. The summed E-state index contributed by atoms with van der Waals surface area (Å²) < 4.78 is 0. The molecular formula is C123H180N8O12Si. The number of hydrogen-bond donors (Lipinski definition) is 12. The van der Waals surface area contributed by atoms with Crippen LogP contribution in [0.1, 0.15) is 308 Å². The fourth-order valence-electron chi connectivity index (χ4n) is 19.2. The van der Waals surface area contributed by atoms with E-state index in [1.165, 1.54) is 15.6 Å². The number of aromatic hydroxyl groups is 6. The summed E-state index contributed by atoms with van der Waals surface area (Å²) in [5.41, 5.74) is 9.00. The maximum absolute atomic E-state index is 13.3. The Balaban J connectivity index is 0.000000271. The molecule has 0 aromatic heterocycles. The van der Waals surface area contributed by atoms with Crippen LogP contribution in [0.25, 0.3) is 0 Å². The van der Waals surface area contributed by atoms with Crippen LogP contribution in [0.2, 0.25) is 0 Å². The average molecular weight is 1990 g/mol. The number of carbonyl (C=O) groups is 6. The largest absolute Gasteiger partial charge is 0.508 e. The maximum Gasteiger partial charge on any atom is 0.239 e. The minimum atomic E-state index is -2.85. The van der Waals surface area contributed by atoms with Gasteiger partial charge in [0.2, 0.25) is 11.8 Å². The van der Waals surface area contributed by atoms with Crippen molar-refractivity contribution in [1.82, 2.24) is 41.7 Å². The second-order valence-electron chi connectivity index (χ2n) is 47.2. The number of amides is 2. The number of para-hydroxylation sites is 6. The summed E-state index contributed by atoms with van der Waals surface area (Å²) in [6.07, 6.45) is 4.35. The number of nitrogens with one attached hydrogen (secondary N) is 6. The molecule has 6 atom stereocenters. The summed E-state index contributed by atoms with van der Waals surface area (Å²) in [6.45, 7) is 70.4. The third kappa shape index (κ3) is 34.8. The quantitative estimate of drug-likeness (QED) is 0.0134. The van der Waals surface area contributed by atoms with Crippen LogP contribution in [0.3, 0.4) is 0 Å². The SMILES string of the molecule is CC(=O)[C@@H](NCc1cccc(C(C)(C)C)c1O)C(C)(C)C.CC(=O)[C@@H](NCc1cccc(C(C)(C)C)c1O)C(C)C.CC(=O)[C@@H](NCc1cccc(C(C)(C)C)c1O)C(C)C.CC(=O)[C@@H](NCc1cccc(C(C)(C)C)c1O)C(C)C.CC(C)[C@H](NCc1cccc(C(C)(C)C)c1O)C(=O)N1CCCC1.CC(C)[C@H](NCc1cccc([Si](c2ccccc2)(c2ccccc2)c2ccccc2)c1O)C(=O)N1CCCC1. The number of likely N-dealkylation sites (tertiary alicyclic amines) is 2. The number of Topliss-reactive ketones (excluding diaryl/α,β-unsaturated/α-hetero) is 4. The molecule has 2 saturated heterocycles. The van der Waals surface area contributed by atoms with E-state index < -0.39 is 8.07 Å². The number of carbonyl (C=O) groups excluding carboxylic acids is 6. The van der Waals surface area contributed by atoms with E-state index in [1.54, 1.807) is 27.7 Å². The molecule has 2 fully saturated rings. The van der Waals surface area contributed by atoms with Crippen LogP contribution in [0, 0.1) is 35.0 Å². The predicted molar refractivity (Wildman–Crippen MR) is 598 cm³/mol. The van der Waals surface area contributed by atoms with Gasteiger partial charge >= 0.3 is 0 Å². The molecule has 9 aromatic rings. The standard InChI is InChI=1S/C34H38N2O2Si.C20H32N2O2.C18H29NO2.3C17H27NO2/c1-26(2)32(34(38)36-23-12-13-24-36)35-25-27-15-14-22-31(33(27)37)39(28-16-6-3-7-17-28,29-18-8-4-9-19-29)30-20-10-5-11-21-30;1-14(2)17(19(24)22-11-6-7-12-22)21-13-15-9-8-10-16(18(15)23)20(3,4)5;1-12(20)16(18(5,6)7)19-11-13-9-8-10-14(15(13)21)17(2,3)4;3*1-11(2)15(12(3)19)18-10-13-8-7-9-14(16(13)20)17(4,5)6/h3-11,14-22,26,32,35,37H,12-13,23-25H2,1-2H3;8-10,14,17,21,23H,6-7,11-13H2,1-5H3;8-10,16,19,21H,11H2,1-7H3;3*7-9,11,15,18,20H,10H2,1-6H3/t32-;17-;16-;3*15-/m001000/s1. The fourth-order valence-corrected chi connectivity index (χ4v) is 24.0. The monoisotopic (exact) mass is 1990 g/mol. The highest BCUT2D eigenvalue weighted by Gasteiger charge is 2.44. The normalized spacial score (nSPS) is 14.4. The Labute approximate surface area is 866 Å². The van der Waals surface area contributed by atoms with Gasteiger partial charge in [-0.2, -0.15) is 0 Å². The lowest BCUT2D eigenvalue weighted by atomic mass is 9.83. The molecule has 0 radical (unpaired) electrons. The van der Waals surface area contributed by atoms with Gasteiger partial charge in [0.25, 0.3) is 0 Å². The molecule has 12 N–H and O–H groups in total. The molecule has 21 heteroatoms.